The summed E-state index contributed by atoms with van der Waals surface area (Å²) in [5.74, 6) is 0. The molecular formula is C14H22N2O2S. The molecule has 1 aromatic rings. The van der Waals surface area contributed by atoms with Gasteiger partial charge in [0, 0.05) is 12.3 Å². The highest BCUT2D eigenvalue weighted by atomic mass is 32.2. The lowest BCUT2D eigenvalue weighted by atomic mass is 10.0. The van der Waals surface area contributed by atoms with Gasteiger partial charge >= 0.3 is 0 Å². The molecule has 1 heterocycles. The Morgan fingerprint density at radius 2 is 2.00 bits per heavy atom. The number of benzene rings is 1. The van der Waals surface area contributed by atoms with Crippen molar-refractivity contribution in [1.82, 2.24) is 4.90 Å². The lowest BCUT2D eigenvalue weighted by Crippen LogP contribution is -2.27. The van der Waals surface area contributed by atoms with E-state index in [0.29, 0.717) is 11.4 Å². The molecule has 1 aromatic carbocycles. The maximum Gasteiger partial charge on any atom is 0.175 e. The first-order valence-electron chi connectivity index (χ1n) is 6.76. The van der Waals surface area contributed by atoms with E-state index in [2.05, 4.69) is 4.90 Å². The number of hydrogen-bond acceptors (Lipinski definition) is 4. The van der Waals surface area contributed by atoms with Crippen LogP contribution in [-0.4, -0.2) is 39.2 Å². The molecule has 0 saturated carbocycles. The zero-order valence-electron chi connectivity index (χ0n) is 11.4. The quantitative estimate of drug-likeness (QED) is 0.890. The molecule has 5 heteroatoms. The smallest absolute Gasteiger partial charge is 0.175 e. The molecule has 106 valence electrons. The molecular weight excluding hydrogens is 260 g/mol. The summed E-state index contributed by atoms with van der Waals surface area (Å²) in [4.78, 5) is 2.81. The van der Waals surface area contributed by atoms with E-state index in [9.17, 15) is 8.42 Å². The molecule has 0 radical (unpaired) electrons. The summed E-state index contributed by atoms with van der Waals surface area (Å²) >= 11 is 0. The minimum atomic E-state index is -3.15. The Bertz CT molecular complexity index is 522. The van der Waals surface area contributed by atoms with Crippen molar-refractivity contribution in [2.24, 2.45) is 5.73 Å². The maximum absolute atomic E-state index is 11.6. The van der Waals surface area contributed by atoms with Crippen molar-refractivity contribution >= 4 is 9.84 Å². The first-order valence-corrected chi connectivity index (χ1v) is 8.65. The van der Waals surface area contributed by atoms with Crippen molar-refractivity contribution in [3.05, 3.63) is 29.8 Å². The van der Waals surface area contributed by atoms with Crippen LogP contribution in [0.5, 0.6) is 0 Å². The van der Waals surface area contributed by atoms with Crippen LogP contribution >= 0.6 is 0 Å². The Morgan fingerprint density at radius 3 is 2.58 bits per heavy atom. The largest absolute Gasteiger partial charge is 0.330 e. The standard InChI is InChI=1S/C14H22N2O2S/c1-19(17,18)13-6-4-5-12(11-13)14(7-8-15)16-9-2-3-10-16/h4-6,11,14H,2-3,7-10,15H2,1H3. The predicted octanol–water partition coefficient (Wildman–Crippen LogP) is 1.58. The average Bonchev–Trinajstić information content (AvgIpc) is 2.88. The van der Waals surface area contributed by atoms with Gasteiger partial charge < -0.3 is 5.73 Å². The topological polar surface area (TPSA) is 63.4 Å². The number of nitrogens with two attached hydrogens (primary N) is 1. The lowest BCUT2D eigenvalue weighted by molar-refractivity contribution is 0.235. The van der Waals surface area contributed by atoms with Gasteiger partial charge in [0.25, 0.3) is 0 Å². The molecule has 0 aliphatic carbocycles. The van der Waals surface area contributed by atoms with Crippen LogP contribution in [0.25, 0.3) is 0 Å². The molecule has 0 bridgehead atoms. The van der Waals surface area contributed by atoms with E-state index < -0.39 is 9.84 Å². The van der Waals surface area contributed by atoms with Crippen molar-refractivity contribution in [2.75, 3.05) is 25.9 Å². The first-order chi connectivity index (χ1) is 9.02. The third-order valence-corrected chi connectivity index (χ3v) is 4.80. The van der Waals surface area contributed by atoms with Gasteiger partial charge in [0.15, 0.2) is 9.84 Å². The Kier molecular flexibility index (Phi) is 4.60. The van der Waals surface area contributed by atoms with Crippen LogP contribution in [-0.2, 0) is 9.84 Å². The van der Waals surface area contributed by atoms with E-state index in [4.69, 9.17) is 5.73 Å². The van der Waals surface area contributed by atoms with Gasteiger partial charge in [-0.25, -0.2) is 8.42 Å². The maximum atomic E-state index is 11.6. The van der Waals surface area contributed by atoms with Gasteiger partial charge in [-0.2, -0.15) is 0 Å². The normalized spacial score (nSPS) is 18.6. The van der Waals surface area contributed by atoms with E-state index in [1.807, 2.05) is 12.1 Å². The molecule has 2 N–H and O–H groups in total. The molecule has 1 aliphatic rings. The molecule has 4 nitrogen and oxygen atoms in total. The van der Waals surface area contributed by atoms with Gasteiger partial charge in [-0.15, -0.1) is 0 Å². The van der Waals surface area contributed by atoms with Gasteiger partial charge in [0.2, 0.25) is 0 Å². The van der Waals surface area contributed by atoms with Crippen molar-refractivity contribution in [2.45, 2.75) is 30.2 Å². The number of sulfone groups is 1. The van der Waals surface area contributed by atoms with Gasteiger partial charge in [-0.3, -0.25) is 4.90 Å². The Morgan fingerprint density at radius 1 is 1.32 bits per heavy atom. The fourth-order valence-electron chi connectivity index (χ4n) is 2.72. The van der Waals surface area contributed by atoms with Gasteiger partial charge in [0.1, 0.15) is 0 Å². The van der Waals surface area contributed by atoms with Crippen LogP contribution in [0.3, 0.4) is 0 Å². The fraction of sp³-hybridized carbons (Fsp3) is 0.571. The molecule has 19 heavy (non-hydrogen) atoms. The number of likely N-dealkylation sites (tertiary alicyclic amines) is 1. The summed E-state index contributed by atoms with van der Waals surface area (Å²) < 4.78 is 23.3. The summed E-state index contributed by atoms with van der Waals surface area (Å²) in [5.41, 5.74) is 6.78. The van der Waals surface area contributed by atoms with E-state index >= 15 is 0 Å². The van der Waals surface area contributed by atoms with Crippen LogP contribution in [0.4, 0.5) is 0 Å². The van der Waals surface area contributed by atoms with E-state index in [0.717, 1.165) is 25.1 Å². The van der Waals surface area contributed by atoms with Crippen LogP contribution in [0.15, 0.2) is 29.2 Å². The van der Waals surface area contributed by atoms with Gasteiger partial charge in [-0.1, -0.05) is 12.1 Å². The second-order valence-electron chi connectivity index (χ2n) is 5.18. The average molecular weight is 282 g/mol. The molecule has 1 aliphatic heterocycles. The third-order valence-electron chi connectivity index (χ3n) is 3.69. The summed E-state index contributed by atoms with van der Waals surface area (Å²) in [6.07, 6.45) is 4.55. The van der Waals surface area contributed by atoms with Crippen molar-refractivity contribution in [1.29, 1.82) is 0 Å². The molecule has 1 unspecified atom stereocenters. The minimum Gasteiger partial charge on any atom is -0.330 e. The number of hydrogen-bond donors (Lipinski definition) is 1. The molecule has 0 aromatic heterocycles. The highest BCUT2D eigenvalue weighted by Gasteiger charge is 2.23. The molecule has 0 spiro atoms. The summed E-state index contributed by atoms with van der Waals surface area (Å²) in [6, 6.07) is 7.53. The monoisotopic (exact) mass is 282 g/mol. The molecule has 1 saturated heterocycles. The second kappa shape index (κ2) is 6.03. The van der Waals surface area contributed by atoms with Crippen LogP contribution in [0, 0.1) is 0 Å². The zero-order valence-corrected chi connectivity index (χ0v) is 12.2. The van der Waals surface area contributed by atoms with Crippen molar-refractivity contribution < 1.29 is 8.42 Å². The predicted molar refractivity (Wildman–Crippen MR) is 76.8 cm³/mol. The Balaban J connectivity index is 2.31. The molecule has 2 rings (SSSR count). The highest BCUT2D eigenvalue weighted by molar-refractivity contribution is 7.90. The zero-order chi connectivity index (χ0) is 13.9. The van der Waals surface area contributed by atoms with E-state index in [1.54, 1.807) is 12.1 Å². The summed E-state index contributed by atoms with van der Waals surface area (Å²) in [7, 11) is -3.15. The first kappa shape index (κ1) is 14.5. The summed E-state index contributed by atoms with van der Waals surface area (Å²) in [6.45, 7) is 2.77. The Hall–Kier alpha value is -0.910. The number of rotatable bonds is 5. The van der Waals surface area contributed by atoms with E-state index in [1.165, 1.54) is 19.1 Å². The second-order valence-corrected chi connectivity index (χ2v) is 7.20. The van der Waals surface area contributed by atoms with Gasteiger partial charge in [-0.05, 0) is 56.6 Å². The Labute approximate surface area is 115 Å². The van der Waals surface area contributed by atoms with Crippen molar-refractivity contribution in [3.8, 4) is 0 Å². The third kappa shape index (κ3) is 3.55. The SMILES string of the molecule is CS(=O)(=O)c1cccc(C(CCN)N2CCCC2)c1. The van der Waals surface area contributed by atoms with Crippen LogP contribution in [0.2, 0.25) is 0 Å². The summed E-state index contributed by atoms with van der Waals surface area (Å²) in [5, 5.41) is 0. The highest BCUT2D eigenvalue weighted by Crippen LogP contribution is 2.28. The molecule has 1 atom stereocenters. The van der Waals surface area contributed by atoms with Crippen LogP contribution < -0.4 is 5.73 Å². The lowest BCUT2D eigenvalue weighted by Gasteiger charge is -2.27. The molecule has 1 fully saturated rings. The van der Waals surface area contributed by atoms with Crippen molar-refractivity contribution in [3.63, 3.8) is 0 Å². The van der Waals surface area contributed by atoms with Crippen LogP contribution in [0.1, 0.15) is 30.9 Å². The van der Waals surface area contributed by atoms with E-state index in [-0.39, 0.29) is 6.04 Å². The fourth-order valence-corrected chi connectivity index (χ4v) is 3.40. The minimum absolute atomic E-state index is 0.245. The van der Waals surface area contributed by atoms with Gasteiger partial charge in [0.05, 0.1) is 4.90 Å². The molecule has 0 amide bonds. The number of nitrogens with zero attached hydrogens (tertiary/aromatic N) is 1.